The summed E-state index contributed by atoms with van der Waals surface area (Å²) < 4.78 is 59.5. The molecule has 3 N–H and O–H groups in total. The minimum Gasteiger partial charge on any atom is -0.478 e. The number of carboxylic acid groups (broad SMARTS) is 2. The van der Waals surface area contributed by atoms with Crippen molar-refractivity contribution in [2.75, 3.05) is 22.7 Å². The molecule has 0 bridgehead atoms. The van der Waals surface area contributed by atoms with Gasteiger partial charge in [0.1, 0.15) is 0 Å². The number of rotatable bonds is 9. The maximum atomic E-state index is 12.7. The fourth-order valence-electron chi connectivity index (χ4n) is 3.01. The highest BCUT2D eigenvalue weighted by Crippen LogP contribution is 2.27. The van der Waals surface area contributed by atoms with E-state index in [4.69, 9.17) is 9.90 Å². The number of carbonyl (C=O) groups is 2. The predicted molar refractivity (Wildman–Crippen MR) is 122 cm³/mol. The van der Waals surface area contributed by atoms with Crippen molar-refractivity contribution in [3.63, 3.8) is 0 Å². The quantitative estimate of drug-likeness (QED) is 0.450. The third-order valence-electron chi connectivity index (χ3n) is 4.43. The van der Waals surface area contributed by atoms with Gasteiger partial charge in [0, 0.05) is 18.8 Å². The van der Waals surface area contributed by atoms with Gasteiger partial charge in [-0.15, -0.1) is 0 Å². The standard InChI is InChI=1S/C20H26N2O4S.C2HF3O2/c1-4-12-22(13-5-2)18-11-10-16(14-17(18)20(23)24)21-27(25,26)19-9-7-6-8-15(19)3;3-2(4,5)1(6)7/h6-11,14,21H,4-5,12-13H2,1-3H3,(H,23,24);(H,6,7). The molecule has 0 spiro atoms. The summed E-state index contributed by atoms with van der Waals surface area (Å²) in [7, 11) is -3.80. The number of halogens is 3. The molecule has 0 aliphatic rings. The molecule has 2 aromatic carbocycles. The van der Waals surface area contributed by atoms with E-state index in [2.05, 4.69) is 4.72 Å². The van der Waals surface area contributed by atoms with Crippen LogP contribution in [0.15, 0.2) is 47.4 Å². The van der Waals surface area contributed by atoms with Crippen molar-refractivity contribution in [3.05, 3.63) is 53.6 Å². The molecule has 0 aliphatic carbocycles. The Kier molecular flexibility index (Phi) is 10.4. The fraction of sp³-hybridized carbons (Fsp3) is 0.364. The van der Waals surface area contributed by atoms with Crippen molar-refractivity contribution < 1.29 is 41.4 Å². The first-order valence-electron chi connectivity index (χ1n) is 10.2. The van der Waals surface area contributed by atoms with E-state index < -0.39 is 28.1 Å². The van der Waals surface area contributed by atoms with Gasteiger partial charge in [0.25, 0.3) is 10.0 Å². The lowest BCUT2D eigenvalue weighted by Gasteiger charge is -2.25. The second-order valence-corrected chi connectivity index (χ2v) is 8.85. The topological polar surface area (TPSA) is 124 Å². The van der Waals surface area contributed by atoms with Gasteiger partial charge in [0.2, 0.25) is 0 Å². The summed E-state index contributed by atoms with van der Waals surface area (Å²) in [5.74, 6) is -3.84. The van der Waals surface area contributed by atoms with Crippen LogP contribution in [0.2, 0.25) is 0 Å². The molecule has 0 aliphatic heterocycles. The number of aryl methyl sites for hydroxylation is 1. The number of benzene rings is 2. The second kappa shape index (κ2) is 12.3. The fourth-order valence-corrected chi connectivity index (χ4v) is 4.30. The molecule has 0 aromatic heterocycles. The van der Waals surface area contributed by atoms with Gasteiger partial charge in [0.05, 0.1) is 16.1 Å². The molecular formula is C22H27F3N2O6S. The van der Waals surface area contributed by atoms with Gasteiger partial charge >= 0.3 is 18.1 Å². The number of aromatic carboxylic acids is 1. The Balaban J connectivity index is 0.000000718. The zero-order valence-electron chi connectivity index (χ0n) is 18.9. The SMILES string of the molecule is CCCN(CCC)c1ccc(NS(=O)(=O)c2ccccc2C)cc1C(=O)O.O=C(O)C(F)(F)F. The van der Waals surface area contributed by atoms with Crippen LogP contribution in [0.5, 0.6) is 0 Å². The van der Waals surface area contributed by atoms with Gasteiger partial charge in [-0.05, 0) is 49.6 Å². The molecule has 0 fully saturated rings. The van der Waals surface area contributed by atoms with Crippen LogP contribution in [-0.2, 0) is 14.8 Å². The highest BCUT2D eigenvalue weighted by molar-refractivity contribution is 7.92. The smallest absolute Gasteiger partial charge is 0.478 e. The van der Waals surface area contributed by atoms with E-state index >= 15 is 0 Å². The largest absolute Gasteiger partial charge is 0.490 e. The van der Waals surface area contributed by atoms with E-state index in [1.54, 1.807) is 37.3 Å². The van der Waals surface area contributed by atoms with Gasteiger partial charge in [-0.3, -0.25) is 4.72 Å². The van der Waals surface area contributed by atoms with Gasteiger partial charge in [-0.1, -0.05) is 32.0 Å². The Hall–Kier alpha value is -3.28. The lowest BCUT2D eigenvalue weighted by Crippen LogP contribution is -2.27. The van der Waals surface area contributed by atoms with Crippen molar-refractivity contribution in [3.8, 4) is 0 Å². The summed E-state index contributed by atoms with van der Waals surface area (Å²) in [5.41, 5.74) is 1.54. The summed E-state index contributed by atoms with van der Waals surface area (Å²) >= 11 is 0. The first-order valence-corrected chi connectivity index (χ1v) is 11.7. The molecule has 0 saturated carbocycles. The number of hydrogen-bond acceptors (Lipinski definition) is 5. The molecule has 188 valence electrons. The average Bonchev–Trinajstić information content (AvgIpc) is 2.73. The van der Waals surface area contributed by atoms with E-state index in [-0.39, 0.29) is 16.1 Å². The summed E-state index contributed by atoms with van der Waals surface area (Å²) in [6.07, 6.45) is -3.30. The molecule has 0 heterocycles. The van der Waals surface area contributed by atoms with Gasteiger partial charge < -0.3 is 15.1 Å². The minimum absolute atomic E-state index is 0.0851. The van der Waals surface area contributed by atoms with E-state index in [9.17, 15) is 31.5 Å². The first kappa shape index (κ1) is 28.8. The molecule has 12 heteroatoms. The third kappa shape index (κ3) is 8.25. The summed E-state index contributed by atoms with van der Waals surface area (Å²) in [6, 6.07) is 11.3. The Morgan fingerprint density at radius 2 is 1.53 bits per heavy atom. The number of nitrogens with zero attached hydrogens (tertiary/aromatic N) is 1. The zero-order chi connectivity index (χ0) is 26.1. The van der Waals surface area contributed by atoms with Crippen molar-refractivity contribution in [1.82, 2.24) is 0 Å². The predicted octanol–water partition coefficient (Wildman–Crippen LogP) is 4.75. The van der Waals surface area contributed by atoms with E-state index in [1.165, 1.54) is 12.1 Å². The Morgan fingerprint density at radius 3 is 1.97 bits per heavy atom. The number of hydrogen-bond donors (Lipinski definition) is 3. The molecule has 0 atom stereocenters. The van der Waals surface area contributed by atoms with Crippen LogP contribution in [0.25, 0.3) is 0 Å². The van der Waals surface area contributed by atoms with E-state index in [0.29, 0.717) is 11.3 Å². The van der Waals surface area contributed by atoms with E-state index in [0.717, 1.165) is 25.9 Å². The molecule has 0 saturated heterocycles. The Morgan fingerprint density at radius 1 is 1.00 bits per heavy atom. The lowest BCUT2D eigenvalue weighted by molar-refractivity contribution is -0.192. The minimum atomic E-state index is -5.08. The molecule has 0 unspecified atom stereocenters. The molecule has 8 nitrogen and oxygen atoms in total. The number of sulfonamides is 1. The second-order valence-electron chi connectivity index (χ2n) is 7.20. The summed E-state index contributed by atoms with van der Waals surface area (Å²) in [5, 5.41) is 16.8. The van der Waals surface area contributed by atoms with Crippen LogP contribution in [0.4, 0.5) is 24.5 Å². The van der Waals surface area contributed by atoms with E-state index in [1.807, 2.05) is 18.7 Å². The van der Waals surface area contributed by atoms with Crippen LogP contribution in [0.1, 0.15) is 42.6 Å². The lowest BCUT2D eigenvalue weighted by atomic mass is 10.1. The first-order chi connectivity index (χ1) is 15.7. The van der Waals surface area contributed by atoms with Crippen molar-refractivity contribution in [2.24, 2.45) is 0 Å². The van der Waals surface area contributed by atoms with Gasteiger partial charge in [-0.25, -0.2) is 18.0 Å². The van der Waals surface area contributed by atoms with Crippen LogP contribution >= 0.6 is 0 Å². The molecule has 34 heavy (non-hydrogen) atoms. The molecule has 2 aromatic rings. The van der Waals surface area contributed by atoms with Gasteiger partial charge in [0.15, 0.2) is 0 Å². The van der Waals surface area contributed by atoms with Crippen LogP contribution < -0.4 is 9.62 Å². The third-order valence-corrected chi connectivity index (χ3v) is 5.97. The molecule has 2 rings (SSSR count). The van der Waals surface area contributed by atoms with Crippen LogP contribution in [0.3, 0.4) is 0 Å². The number of anilines is 2. The van der Waals surface area contributed by atoms with Crippen LogP contribution in [0, 0.1) is 6.92 Å². The maximum absolute atomic E-state index is 12.7. The number of carboxylic acids is 2. The number of alkyl halides is 3. The van der Waals surface area contributed by atoms with Crippen molar-refractivity contribution in [2.45, 2.75) is 44.7 Å². The maximum Gasteiger partial charge on any atom is 0.490 e. The highest BCUT2D eigenvalue weighted by atomic mass is 32.2. The van der Waals surface area contributed by atoms with Crippen molar-refractivity contribution in [1.29, 1.82) is 0 Å². The van der Waals surface area contributed by atoms with Crippen molar-refractivity contribution >= 4 is 33.3 Å². The Bertz CT molecular complexity index is 1100. The normalized spacial score (nSPS) is 11.2. The summed E-state index contributed by atoms with van der Waals surface area (Å²) in [4.78, 5) is 22.9. The molecular weight excluding hydrogens is 477 g/mol. The zero-order valence-corrected chi connectivity index (χ0v) is 19.7. The van der Waals surface area contributed by atoms with Gasteiger partial charge in [-0.2, -0.15) is 13.2 Å². The number of aliphatic carboxylic acids is 1. The Labute approximate surface area is 196 Å². The van der Waals surface area contributed by atoms with Crippen LogP contribution in [-0.4, -0.2) is 49.8 Å². The average molecular weight is 505 g/mol. The monoisotopic (exact) mass is 504 g/mol. The highest BCUT2D eigenvalue weighted by Gasteiger charge is 2.38. The molecule has 0 radical (unpaired) electrons. The number of nitrogens with one attached hydrogen (secondary N) is 1. The summed E-state index contributed by atoms with van der Waals surface area (Å²) in [6.45, 7) is 7.26. The molecule has 0 amide bonds.